The van der Waals surface area contributed by atoms with Crippen molar-refractivity contribution >= 4 is 5.69 Å². The number of rotatable bonds is 3. The first kappa shape index (κ1) is 14.2. The molecular formula is C15H14F3NO. The van der Waals surface area contributed by atoms with Crippen LogP contribution in [0.5, 0.6) is 5.75 Å². The van der Waals surface area contributed by atoms with Crippen LogP contribution in [0.3, 0.4) is 0 Å². The number of nitrogen functional groups attached to an aromatic ring is 1. The van der Waals surface area contributed by atoms with Gasteiger partial charge >= 0.3 is 6.18 Å². The fourth-order valence-electron chi connectivity index (χ4n) is 1.90. The van der Waals surface area contributed by atoms with Gasteiger partial charge in [-0.1, -0.05) is 18.2 Å². The van der Waals surface area contributed by atoms with Crippen LogP contribution in [0, 0.1) is 0 Å². The summed E-state index contributed by atoms with van der Waals surface area (Å²) < 4.78 is 42.7. The minimum atomic E-state index is -4.37. The number of methoxy groups -OCH3 is 1. The zero-order chi connectivity index (χ0) is 14.8. The molecule has 0 atom stereocenters. The molecule has 0 unspecified atom stereocenters. The van der Waals surface area contributed by atoms with Crippen molar-refractivity contribution in [2.45, 2.75) is 12.6 Å². The van der Waals surface area contributed by atoms with E-state index in [1.165, 1.54) is 6.07 Å². The van der Waals surface area contributed by atoms with Crippen molar-refractivity contribution in [2.75, 3.05) is 12.8 Å². The molecule has 0 fully saturated rings. The predicted octanol–water partition coefficient (Wildman–Crippen LogP) is 3.89. The van der Waals surface area contributed by atoms with Gasteiger partial charge in [0.25, 0.3) is 0 Å². The molecule has 0 bridgehead atoms. The van der Waals surface area contributed by atoms with Crippen LogP contribution in [-0.2, 0) is 12.6 Å². The summed E-state index contributed by atoms with van der Waals surface area (Å²) in [7, 11) is 1.57. The van der Waals surface area contributed by atoms with Gasteiger partial charge in [0.15, 0.2) is 0 Å². The van der Waals surface area contributed by atoms with E-state index < -0.39 is 11.7 Å². The van der Waals surface area contributed by atoms with E-state index in [0.29, 0.717) is 12.0 Å². The lowest BCUT2D eigenvalue weighted by Gasteiger charge is -2.11. The molecule has 0 aliphatic rings. The summed E-state index contributed by atoms with van der Waals surface area (Å²) in [5.74, 6) is 0.731. The number of nitrogens with two attached hydrogens (primary N) is 1. The molecule has 2 aromatic rings. The van der Waals surface area contributed by atoms with Gasteiger partial charge in [0, 0.05) is 5.69 Å². The number of hydrogen-bond acceptors (Lipinski definition) is 2. The maximum atomic E-state index is 12.5. The Morgan fingerprint density at radius 2 is 1.70 bits per heavy atom. The number of anilines is 1. The smallest absolute Gasteiger partial charge is 0.416 e. The van der Waals surface area contributed by atoms with Crippen molar-refractivity contribution in [2.24, 2.45) is 0 Å². The molecule has 2 nitrogen and oxygen atoms in total. The monoisotopic (exact) mass is 281 g/mol. The van der Waals surface area contributed by atoms with Gasteiger partial charge < -0.3 is 10.5 Å². The molecule has 0 amide bonds. The molecule has 106 valence electrons. The average molecular weight is 281 g/mol. The molecule has 2 rings (SSSR count). The van der Waals surface area contributed by atoms with Gasteiger partial charge in [-0.2, -0.15) is 13.2 Å². The Hall–Kier alpha value is -2.17. The predicted molar refractivity (Wildman–Crippen MR) is 71.7 cm³/mol. The van der Waals surface area contributed by atoms with Gasteiger partial charge in [0.05, 0.1) is 12.7 Å². The molecule has 2 N–H and O–H groups in total. The van der Waals surface area contributed by atoms with Gasteiger partial charge in [-0.25, -0.2) is 0 Å². The summed E-state index contributed by atoms with van der Waals surface area (Å²) in [5, 5.41) is 0. The van der Waals surface area contributed by atoms with Crippen LogP contribution in [0.4, 0.5) is 18.9 Å². The van der Waals surface area contributed by atoms with Crippen LogP contribution < -0.4 is 10.5 Å². The van der Waals surface area contributed by atoms with E-state index in [2.05, 4.69) is 0 Å². The molecule has 0 saturated heterocycles. The molecule has 0 aliphatic carbocycles. The van der Waals surface area contributed by atoms with E-state index in [-0.39, 0.29) is 5.69 Å². The largest absolute Gasteiger partial charge is 0.497 e. The Labute approximate surface area is 115 Å². The Morgan fingerprint density at radius 3 is 2.20 bits per heavy atom. The lowest BCUT2D eigenvalue weighted by atomic mass is 10.0. The van der Waals surface area contributed by atoms with Crippen LogP contribution in [0.25, 0.3) is 0 Å². The van der Waals surface area contributed by atoms with Crippen LogP contribution in [-0.4, -0.2) is 7.11 Å². The van der Waals surface area contributed by atoms with Crippen LogP contribution in [0.15, 0.2) is 42.5 Å². The summed E-state index contributed by atoms with van der Waals surface area (Å²) in [4.78, 5) is 0. The normalized spacial score (nSPS) is 11.4. The molecule has 2 aromatic carbocycles. The Kier molecular flexibility index (Phi) is 3.88. The van der Waals surface area contributed by atoms with Gasteiger partial charge in [0.2, 0.25) is 0 Å². The van der Waals surface area contributed by atoms with Crippen molar-refractivity contribution in [1.82, 2.24) is 0 Å². The van der Waals surface area contributed by atoms with Crippen molar-refractivity contribution in [3.63, 3.8) is 0 Å². The molecule has 0 aromatic heterocycles. The highest BCUT2D eigenvalue weighted by Crippen LogP contribution is 2.31. The van der Waals surface area contributed by atoms with E-state index in [0.717, 1.165) is 23.4 Å². The van der Waals surface area contributed by atoms with E-state index in [1.54, 1.807) is 19.2 Å². The van der Waals surface area contributed by atoms with E-state index >= 15 is 0 Å². The summed E-state index contributed by atoms with van der Waals surface area (Å²) in [6, 6.07) is 10.8. The third-order valence-electron chi connectivity index (χ3n) is 3.03. The Bertz CT molecular complexity index is 591. The molecule has 0 heterocycles. The van der Waals surface area contributed by atoms with Crippen molar-refractivity contribution in [3.8, 4) is 5.75 Å². The van der Waals surface area contributed by atoms with Gasteiger partial charge in [-0.05, 0) is 41.8 Å². The van der Waals surface area contributed by atoms with Gasteiger partial charge in [-0.15, -0.1) is 0 Å². The molecule has 0 spiro atoms. The first-order valence-electron chi connectivity index (χ1n) is 5.98. The number of alkyl halides is 3. The highest BCUT2D eigenvalue weighted by atomic mass is 19.4. The lowest BCUT2D eigenvalue weighted by molar-refractivity contribution is -0.137. The zero-order valence-electron chi connectivity index (χ0n) is 10.9. The number of benzene rings is 2. The fraction of sp³-hybridized carbons (Fsp3) is 0.200. The van der Waals surface area contributed by atoms with Crippen molar-refractivity contribution in [3.05, 3.63) is 59.2 Å². The third-order valence-corrected chi connectivity index (χ3v) is 3.03. The first-order valence-corrected chi connectivity index (χ1v) is 5.98. The molecule has 5 heteroatoms. The molecule has 0 saturated carbocycles. The molecule has 0 aliphatic heterocycles. The van der Waals surface area contributed by atoms with Crippen LogP contribution >= 0.6 is 0 Å². The first-order chi connectivity index (χ1) is 9.40. The number of halogens is 3. The number of ether oxygens (including phenoxy) is 1. The maximum absolute atomic E-state index is 12.5. The van der Waals surface area contributed by atoms with Crippen LogP contribution in [0.2, 0.25) is 0 Å². The standard InChI is InChI=1S/C15H14F3NO/c1-20-13-6-2-10(3-7-13)8-11-4-5-12(9-14(11)19)15(16,17)18/h2-7,9H,8,19H2,1H3. The van der Waals surface area contributed by atoms with Crippen molar-refractivity contribution < 1.29 is 17.9 Å². The van der Waals surface area contributed by atoms with Gasteiger partial charge in [0.1, 0.15) is 5.75 Å². The minimum absolute atomic E-state index is 0.149. The quantitative estimate of drug-likeness (QED) is 0.866. The van der Waals surface area contributed by atoms with E-state index in [9.17, 15) is 13.2 Å². The Morgan fingerprint density at radius 1 is 1.05 bits per heavy atom. The molecular weight excluding hydrogens is 267 g/mol. The Balaban J connectivity index is 2.21. The summed E-state index contributed by atoms with van der Waals surface area (Å²) in [6.07, 6.45) is -3.89. The minimum Gasteiger partial charge on any atom is -0.497 e. The highest BCUT2D eigenvalue weighted by Gasteiger charge is 2.30. The molecule has 20 heavy (non-hydrogen) atoms. The fourth-order valence-corrected chi connectivity index (χ4v) is 1.90. The topological polar surface area (TPSA) is 35.2 Å². The van der Waals surface area contributed by atoms with Crippen molar-refractivity contribution in [1.29, 1.82) is 0 Å². The lowest BCUT2D eigenvalue weighted by Crippen LogP contribution is -2.07. The second-order valence-corrected chi connectivity index (χ2v) is 4.44. The van der Waals surface area contributed by atoms with Crippen LogP contribution in [0.1, 0.15) is 16.7 Å². The van der Waals surface area contributed by atoms with E-state index in [1.807, 2.05) is 12.1 Å². The maximum Gasteiger partial charge on any atom is 0.416 e. The third kappa shape index (κ3) is 3.23. The molecule has 0 radical (unpaired) electrons. The van der Waals surface area contributed by atoms with E-state index in [4.69, 9.17) is 10.5 Å². The second kappa shape index (κ2) is 5.45. The van der Waals surface area contributed by atoms with Gasteiger partial charge in [-0.3, -0.25) is 0 Å². The zero-order valence-corrected chi connectivity index (χ0v) is 10.9. The highest BCUT2D eigenvalue weighted by molar-refractivity contribution is 5.51. The SMILES string of the molecule is COc1ccc(Cc2ccc(C(F)(F)F)cc2N)cc1. The summed E-state index contributed by atoms with van der Waals surface area (Å²) in [5.41, 5.74) is 6.74. The second-order valence-electron chi connectivity index (χ2n) is 4.44. The average Bonchev–Trinajstić information content (AvgIpc) is 2.41. The number of hydrogen-bond donors (Lipinski definition) is 1. The summed E-state index contributed by atoms with van der Waals surface area (Å²) in [6.45, 7) is 0. The summed E-state index contributed by atoms with van der Waals surface area (Å²) >= 11 is 0.